The van der Waals surface area contributed by atoms with Crippen LogP contribution in [0.3, 0.4) is 0 Å². The van der Waals surface area contributed by atoms with Gasteiger partial charge in [0, 0.05) is 25.2 Å². The molecule has 8 nitrogen and oxygen atoms in total. The zero-order chi connectivity index (χ0) is 24.9. The molecule has 35 heavy (non-hydrogen) atoms. The highest BCUT2D eigenvalue weighted by Crippen LogP contribution is 2.32. The average Bonchev–Trinajstić information content (AvgIpc) is 3.39. The fourth-order valence-corrected chi connectivity index (χ4v) is 4.19. The largest absolute Gasteiger partial charge is 0.454 e. The van der Waals surface area contributed by atoms with Crippen molar-refractivity contribution in [3.8, 4) is 11.5 Å². The number of ether oxygens (including phenoxy) is 2. The molecule has 1 aliphatic rings. The van der Waals surface area contributed by atoms with Crippen LogP contribution in [0.1, 0.15) is 53.1 Å². The molecule has 2 heterocycles. The second-order valence-electron chi connectivity index (χ2n) is 9.19. The van der Waals surface area contributed by atoms with Crippen molar-refractivity contribution in [3.63, 3.8) is 0 Å². The maximum absolute atomic E-state index is 12.9. The number of hydrogen-bond acceptors (Lipinski definition) is 5. The van der Waals surface area contributed by atoms with E-state index in [1.807, 2.05) is 29.8 Å². The summed E-state index contributed by atoms with van der Waals surface area (Å²) < 4.78 is 12.7. The number of hydrogen-bond donors (Lipinski definition) is 2. The van der Waals surface area contributed by atoms with Crippen molar-refractivity contribution in [2.75, 3.05) is 12.1 Å². The Hall–Kier alpha value is -3.81. The molecule has 184 valence electrons. The standard InChI is InChI=1S/C27H32N4O4/c1-17(2)15-31-19(4)21(18(3)30-31)10-12-26(32)29-23-8-6-5-7-22(23)27(33)28-14-20-9-11-24-25(13-20)35-16-34-24/h5-9,11,13,17H,10,12,14-16H2,1-4H3,(H,28,33)(H,29,32). The first kappa shape index (κ1) is 24.3. The number of aryl methyl sites for hydroxylation is 1. The molecular weight excluding hydrogens is 444 g/mol. The van der Waals surface area contributed by atoms with Crippen molar-refractivity contribution in [1.82, 2.24) is 15.1 Å². The van der Waals surface area contributed by atoms with E-state index in [2.05, 4.69) is 36.5 Å². The van der Waals surface area contributed by atoms with Crippen LogP contribution in [0.2, 0.25) is 0 Å². The number of benzene rings is 2. The molecule has 0 radical (unpaired) electrons. The number of nitrogens with zero attached hydrogens (tertiary/aromatic N) is 2. The maximum Gasteiger partial charge on any atom is 0.253 e. The molecule has 4 rings (SSSR count). The molecule has 0 unspecified atom stereocenters. The Labute approximate surface area is 205 Å². The van der Waals surface area contributed by atoms with E-state index < -0.39 is 0 Å². The van der Waals surface area contributed by atoms with Gasteiger partial charge in [-0.05, 0) is 61.6 Å². The summed E-state index contributed by atoms with van der Waals surface area (Å²) in [6, 6.07) is 12.6. The lowest BCUT2D eigenvalue weighted by Gasteiger charge is -2.12. The van der Waals surface area contributed by atoms with E-state index >= 15 is 0 Å². The summed E-state index contributed by atoms with van der Waals surface area (Å²) in [6.07, 6.45) is 0.905. The molecule has 2 aromatic carbocycles. The molecule has 2 amide bonds. The summed E-state index contributed by atoms with van der Waals surface area (Å²) in [5, 5.41) is 10.5. The fraction of sp³-hybridized carbons (Fsp3) is 0.370. The van der Waals surface area contributed by atoms with Gasteiger partial charge in [0.05, 0.1) is 16.9 Å². The Morgan fingerprint density at radius 1 is 1.09 bits per heavy atom. The van der Waals surface area contributed by atoms with Crippen LogP contribution in [-0.4, -0.2) is 28.4 Å². The van der Waals surface area contributed by atoms with E-state index in [1.54, 1.807) is 24.3 Å². The van der Waals surface area contributed by atoms with Crippen LogP contribution in [0.5, 0.6) is 11.5 Å². The first-order valence-corrected chi connectivity index (χ1v) is 11.9. The number of amides is 2. The number of carbonyl (C=O) groups is 2. The van der Waals surface area contributed by atoms with Crippen LogP contribution in [0.15, 0.2) is 42.5 Å². The van der Waals surface area contributed by atoms with Crippen molar-refractivity contribution in [2.45, 2.75) is 53.6 Å². The summed E-state index contributed by atoms with van der Waals surface area (Å²) in [5.74, 6) is 1.46. The Morgan fingerprint density at radius 2 is 1.86 bits per heavy atom. The topological polar surface area (TPSA) is 94.5 Å². The third-order valence-corrected chi connectivity index (χ3v) is 6.01. The summed E-state index contributed by atoms with van der Waals surface area (Å²) in [6.45, 7) is 9.74. The number of fused-ring (bicyclic) bond motifs is 1. The van der Waals surface area contributed by atoms with Gasteiger partial charge in [-0.25, -0.2) is 0 Å². The number of para-hydroxylation sites is 1. The van der Waals surface area contributed by atoms with Gasteiger partial charge in [-0.2, -0.15) is 5.10 Å². The van der Waals surface area contributed by atoms with Crippen LogP contribution in [-0.2, 0) is 24.3 Å². The molecular formula is C27H32N4O4. The van der Waals surface area contributed by atoms with Crippen LogP contribution in [0.25, 0.3) is 0 Å². The zero-order valence-corrected chi connectivity index (χ0v) is 20.7. The smallest absolute Gasteiger partial charge is 0.253 e. The number of rotatable bonds is 9. The average molecular weight is 477 g/mol. The van der Waals surface area contributed by atoms with Gasteiger partial charge in [0.1, 0.15) is 0 Å². The molecule has 0 fully saturated rings. The maximum atomic E-state index is 12.9. The molecule has 0 aliphatic carbocycles. The van der Waals surface area contributed by atoms with Gasteiger partial charge >= 0.3 is 0 Å². The third-order valence-electron chi connectivity index (χ3n) is 6.01. The molecule has 0 spiro atoms. The predicted octanol–water partition coefficient (Wildman–Crippen LogP) is 4.39. The molecule has 0 saturated heterocycles. The van der Waals surface area contributed by atoms with Gasteiger partial charge in [0.15, 0.2) is 11.5 Å². The van der Waals surface area contributed by atoms with Crippen molar-refractivity contribution < 1.29 is 19.1 Å². The summed E-state index contributed by atoms with van der Waals surface area (Å²) in [4.78, 5) is 25.6. The van der Waals surface area contributed by atoms with Crippen LogP contribution in [0.4, 0.5) is 5.69 Å². The first-order valence-electron chi connectivity index (χ1n) is 11.9. The van der Waals surface area contributed by atoms with E-state index in [0.717, 1.165) is 29.1 Å². The van der Waals surface area contributed by atoms with E-state index in [1.165, 1.54) is 0 Å². The molecule has 8 heteroatoms. The van der Waals surface area contributed by atoms with Gasteiger partial charge in [0.25, 0.3) is 5.91 Å². The Morgan fingerprint density at radius 3 is 2.66 bits per heavy atom. The highest BCUT2D eigenvalue weighted by molar-refractivity contribution is 6.03. The highest BCUT2D eigenvalue weighted by atomic mass is 16.7. The number of aromatic nitrogens is 2. The molecule has 0 bridgehead atoms. The monoisotopic (exact) mass is 476 g/mol. The Kier molecular flexibility index (Phi) is 7.39. The first-order chi connectivity index (χ1) is 16.8. The van der Waals surface area contributed by atoms with Gasteiger partial charge < -0.3 is 20.1 Å². The number of nitrogens with one attached hydrogen (secondary N) is 2. The lowest BCUT2D eigenvalue weighted by molar-refractivity contribution is -0.116. The predicted molar refractivity (Wildman–Crippen MR) is 134 cm³/mol. The minimum Gasteiger partial charge on any atom is -0.454 e. The van der Waals surface area contributed by atoms with E-state index in [0.29, 0.717) is 48.1 Å². The minimum absolute atomic E-state index is 0.142. The van der Waals surface area contributed by atoms with Gasteiger partial charge in [-0.1, -0.05) is 32.0 Å². The third kappa shape index (κ3) is 5.82. The van der Waals surface area contributed by atoms with Crippen LogP contribution >= 0.6 is 0 Å². The molecule has 3 aromatic rings. The lowest BCUT2D eigenvalue weighted by atomic mass is 10.1. The second kappa shape index (κ2) is 10.6. The van der Waals surface area contributed by atoms with E-state index in [4.69, 9.17) is 9.47 Å². The molecule has 0 atom stereocenters. The van der Waals surface area contributed by atoms with Gasteiger partial charge in [0.2, 0.25) is 12.7 Å². The zero-order valence-electron chi connectivity index (χ0n) is 20.7. The van der Waals surface area contributed by atoms with E-state index in [-0.39, 0.29) is 18.6 Å². The molecule has 0 saturated carbocycles. The highest BCUT2D eigenvalue weighted by Gasteiger charge is 2.17. The lowest BCUT2D eigenvalue weighted by Crippen LogP contribution is -2.25. The Balaban J connectivity index is 1.36. The van der Waals surface area contributed by atoms with Crippen LogP contribution in [0, 0.1) is 19.8 Å². The molecule has 1 aliphatic heterocycles. The molecule has 1 aromatic heterocycles. The van der Waals surface area contributed by atoms with Crippen molar-refractivity contribution >= 4 is 17.5 Å². The van der Waals surface area contributed by atoms with Crippen molar-refractivity contribution in [3.05, 3.63) is 70.5 Å². The SMILES string of the molecule is Cc1nn(CC(C)C)c(C)c1CCC(=O)Nc1ccccc1C(=O)NCc1ccc2c(c1)OCO2. The molecule has 2 N–H and O–H groups in total. The van der Waals surface area contributed by atoms with Crippen LogP contribution < -0.4 is 20.1 Å². The summed E-state index contributed by atoms with van der Waals surface area (Å²) in [5.41, 5.74) is 4.97. The second-order valence-corrected chi connectivity index (χ2v) is 9.19. The van der Waals surface area contributed by atoms with Gasteiger partial charge in [-0.15, -0.1) is 0 Å². The Bertz CT molecular complexity index is 1230. The van der Waals surface area contributed by atoms with Crippen molar-refractivity contribution in [1.29, 1.82) is 0 Å². The van der Waals surface area contributed by atoms with Gasteiger partial charge in [-0.3, -0.25) is 14.3 Å². The fourth-order valence-electron chi connectivity index (χ4n) is 4.19. The van der Waals surface area contributed by atoms with E-state index in [9.17, 15) is 9.59 Å². The summed E-state index contributed by atoms with van der Waals surface area (Å²) >= 11 is 0. The number of anilines is 1. The summed E-state index contributed by atoms with van der Waals surface area (Å²) in [7, 11) is 0. The normalized spacial score (nSPS) is 12.1. The quantitative estimate of drug-likeness (QED) is 0.478. The number of carbonyl (C=O) groups excluding carboxylic acids is 2. The minimum atomic E-state index is -0.264. The van der Waals surface area contributed by atoms with Crippen molar-refractivity contribution in [2.24, 2.45) is 5.92 Å².